The maximum absolute atomic E-state index is 12.1. The van der Waals surface area contributed by atoms with Crippen LogP contribution in [0.15, 0.2) is 30.6 Å². The number of benzene rings is 1. The molecule has 0 amide bonds. The third kappa shape index (κ3) is 4.78. The second-order valence-electron chi connectivity index (χ2n) is 4.71. The van der Waals surface area contributed by atoms with E-state index in [0.717, 1.165) is 24.4 Å². The molecule has 0 fully saturated rings. The number of aryl methyl sites for hydroxylation is 1. The Morgan fingerprint density at radius 1 is 1.29 bits per heavy atom. The fourth-order valence-corrected chi connectivity index (χ4v) is 1.95. The molecule has 0 aliphatic rings. The fraction of sp³-hybridized carbons (Fsp3) is 0.429. The van der Waals surface area contributed by atoms with E-state index >= 15 is 0 Å². The van der Waals surface area contributed by atoms with Crippen molar-refractivity contribution in [2.45, 2.75) is 26.0 Å². The molecule has 21 heavy (non-hydrogen) atoms. The van der Waals surface area contributed by atoms with Gasteiger partial charge < -0.3 is 10.1 Å². The van der Waals surface area contributed by atoms with Crippen LogP contribution in [0, 0.1) is 0 Å². The summed E-state index contributed by atoms with van der Waals surface area (Å²) in [4.78, 5) is 4.15. The van der Waals surface area contributed by atoms with Gasteiger partial charge in [0.2, 0.25) is 0 Å². The Kier molecular flexibility index (Phi) is 5.21. The summed E-state index contributed by atoms with van der Waals surface area (Å²) in [7, 11) is 1.83. The molecule has 1 aromatic carbocycles. The van der Waals surface area contributed by atoms with Gasteiger partial charge in [0.25, 0.3) is 0 Å². The number of ether oxygens (including phenoxy) is 1. The van der Waals surface area contributed by atoms with E-state index in [1.807, 2.05) is 14.0 Å². The molecule has 114 valence electrons. The van der Waals surface area contributed by atoms with Crippen LogP contribution in [-0.4, -0.2) is 27.9 Å². The Bertz CT molecular complexity index is 556. The van der Waals surface area contributed by atoms with E-state index in [4.69, 9.17) is 0 Å². The van der Waals surface area contributed by atoms with Gasteiger partial charge in [0.15, 0.2) is 5.82 Å². The van der Waals surface area contributed by atoms with Gasteiger partial charge in [0, 0.05) is 26.1 Å². The van der Waals surface area contributed by atoms with Crippen LogP contribution < -0.4 is 10.1 Å². The smallest absolute Gasteiger partial charge is 0.387 e. The lowest BCUT2D eigenvalue weighted by atomic mass is 10.1. The normalized spacial score (nSPS) is 12.6. The third-order valence-electron chi connectivity index (χ3n) is 3.05. The number of rotatable bonds is 7. The van der Waals surface area contributed by atoms with Gasteiger partial charge in [-0.15, -0.1) is 0 Å². The summed E-state index contributed by atoms with van der Waals surface area (Å²) in [6.45, 7) is -0.0489. The first kappa shape index (κ1) is 15.4. The number of alkyl halides is 2. The molecule has 1 atom stereocenters. The van der Waals surface area contributed by atoms with Crippen molar-refractivity contribution in [3.63, 3.8) is 0 Å². The van der Waals surface area contributed by atoms with Crippen LogP contribution in [0.3, 0.4) is 0 Å². The highest BCUT2D eigenvalue weighted by Gasteiger charge is 2.08. The van der Waals surface area contributed by atoms with Crippen LogP contribution >= 0.6 is 0 Å². The molecule has 0 bridgehead atoms. The van der Waals surface area contributed by atoms with Crippen LogP contribution in [0.1, 0.15) is 24.4 Å². The van der Waals surface area contributed by atoms with E-state index < -0.39 is 6.61 Å². The number of nitrogens with one attached hydrogen (secondary N) is 1. The number of aromatic nitrogens is 3. The van der Waals surface area contributed by atoms with Gasteiger partial charge in [-0.2, -0.15) is 13.9 Å². The van der Waals surface area contributed by atoms with E-state index in [0.29, 0.717) is 0 Å². The summed E-state index contributed by atoms with van der Waals surface area (Å²) >= 11 is 0. The summed E-state index contributed by atoms with van der Waals surface area (Å²) in [6.07, 6.45) is 2.40. The minimum Gasteiger partial charge on any atom is -0.435 e. The maximum atomic E-state index is 12.1. The van der Waals surface area contributed by atoms with Crippen molar-refractivity contribution in [2.75, 3.05) is 6.54 Å². The minimum atomic E-state index is -2.79. The zero-order chi connectivity index (χ0) is 15.2. The average molecular weight is 296 g/mol. The summed E-state index contributed by atoms with van der Waals surface area (Å²) in [6, 6.07) is 6.73. The summed E-state index contributed by atoms with van der Waals surface area (Å²) < 4.78 is 30.1. The Balaban J connectivity index is 1.81. The predicted octanol–water partition coefficient (Wildman–Crippen LogP) is 2.31. The molecule has 1 aromatic heterocycles. The molecule has 0 saturated carbocycles. The van der Waals surface area contributed by atoms with Crippen molar-refractivity contribution < 1.29 is 13.5 Å². The Labute approximate surface area is 121 Å². The quantitative estimate of drug-likeness (QED) is 0.852. The molecule has 1 unspecified atom stereocenters. The molecule has 0 saturated heterocycles. The van der Waals surface area contributed by atoms with Crippen molar-refractivity contribution in [1.29, 1.82) is 0 Å². The second-order valence-corrected chi connectivity index (χ2v) is 4.71. The van der Waals surface area contributed by atoms with Crippen molar-refractivity contribution in [3.05, 3.63) is 42.0 Å². The minimum absolute atomic E-state index is 0.106. The van der Waals surface area contributed by atoms with Gasteiger partial charge in [-0.1, -0.05) is 12.1 Å². The van der Waals surface area contributed by atoms with Crippen molar-refractivity contribution in [3.8, 4) is 5.75 Å². The summed E-state index contributed by atoms with van der Waals surface area (Å²) in [5.74, 6) is 0.955. The van der Waals surface area contributed by atoms with Gasteiger partial charge >= 0.3 is 6.61 Å². The van der Waals surface area contributed by atoms with Crippen LogP contribution in [0.2, 0.25) is 0 Å². The lowest BCUT2D eigenvalue weighted by molar-refractivity contribution is -0.0498. The van der Waals surface area contributed by atoms with Crippen LogP contribution in [0.5, 0.6) is 5.75 Å². The van der Waals surface area contributed by atoms with E-state index in [2.05, 4.69) is 20.1 Å². The summed E-state index contributed by atoms with van der Waals surface area (Å²) in [5, 5.41) is 7.54. The Morgan fingerprint density at radius 3 is 2.57 bits per heavy atom. The molecule has 0 spiro atoms. The lowest BCUT2D eigenvalue weighted by Gasteiger charge is -2.14. The van der Waals surface area contributed by atoms with Crippen molar-refractivity contribution in [2.24, 2.45) is 7.05 Å². The molecule has 2 rings (SSSR count). The van der Waals surface area contributed by atoms with Crippen LogP contribution in [0.4, 0.5) is 8.78 Å². The number of hydrogen-bond donors (Lipinski definition) is 1. The fourth-order valence-electron chi connectivity index (χ4n) is 1.95. The maximum Gasteiger partial charge on any atom is 0.387 e. The third-order valence-corrected chi connectivity index (χ3v) is 3.05. The molecule has 2 aromatic rings. The van der Waals surface area contributed by atoms with Crippen molar-refractivity contribution in [1.82, 2.24) is 20.1 Å². The van der Waals surface area contributed by atoms with Crippen LogP contribution in [-0.2, 0) is 13.5 Å². The largest absolute Gasteiger partial charge is 0.435 e. The molecule has 7 heteroatoms. The first-order valence-corrected chi connectivity index (χ1v) is 6.67. The highest BCUT2D eigenvalue weighted by Crippen LogP contribution is 2.19. The number of halogens is 2. The Morgan fingerprint density at radius 2 is 2.00 bits per heavy atom. The topological polar surface area (TPSA) is 52.0 Å². The van der Waals surface area contributed by atoms with E-state index in [1.165, 1.54) is 0 Å². The molecular formula is C14H18F2N4O. The van der Waals surface area contributed by atoms with E-state index in [1.54, 1.807) is 35.3 Å². The van der Waals surface area contributed by atoms with Gasteiger partial charge in [0.05, 0.1) is 0 Å². The second kappa shape index (κ2) is 7.12. The molecule has 0 aliphatic carbocycles. The molecular weight excluding hydrogens is 278 g/mol. The van der Waals surface area contributed by atoms with Gasteiger partial charge in [0.1, 0.15) is 12.1 Å². The zero-order valence-corrected chi connectivity index (χ0v) is 12.0. The molecule has 0 radical (unpaired) electrons. The van der Waals surface area contributed by atoms with E-state index in [9.17, 15) is 8.78 Å². The number of nitrogens with zero attached hydrogens (tertiary/aromatic N) is 3. The average Bonchev–Trinajstić information content (AvgIpc) is 2.84. The predicted molar refractivity (Wildman–Crippen MR) is 74.2 cm³/mol. The zero-order valence-electron chi connectivity index (χ0n) is 12.0. The molecule has 5 nitrogen and oxygen atoms in total. The number of hydrogen-bond acceptors (Lipinski definition) is 4. The highest BCUT2D eigenvalue weighted by molar-refractivity contribution is 5.28. The SMILES string of the molecule is CC(NCCc1ncn(C)n1)c1ccc(OC(F)F)cc1. The lowest BCUT2D eigenvalue weighted by Crippen LogP contribution is -2.21. The molecule has 1 N–H and O–H groups in total. The first-order chi connectivity index (χ1) is 10.0. The van der Waals surface area contributed by atoms with Gasteiger partial charge in [-0.05, 0) is 24.6 Å². The first-order valence-electron chi connectivity index (χ1n) is 6.67. The van der Waals surface area contributed by atoms with Crippen molar-refractivity contribution >= 4 is 0 Å². The van der Waals surface area contributed by atoms with E-state index in [-0.39, 0.29) is 11.8 Å². The monoisotopic (exact) mass is 296 g/mol. The van der Waals surface area contributed by atoms with Gasteiger partial charge in [-0.3, -0.25) is 4.68 Å². The van der Waals surface area contributed by atoms with Crippen LogP contribution in [0.25, 0.3) is 0 Å². The molecule has 0 aliphatic heterocycles. The van der Waals surface area contributed by atoms with Gasteiger partial charge in [-0.25, -0.2) is 4.98 Å². The summed E-state index contributed by atoms with van der Waals surface area (Å²) in [5.41, 5.74) is 1.01. The standard InChI is InChI=1S/C14H18F2N4O/c1-10(17-8-7-13-18-9-20(2)19-13)11-3-5-12(6-4-11)21-14(15)16/h3-6,9-10,14,17H,7-8H2,1-2H3. The molecule has 1 heterocycles. The highest BCUT2D eigenvalue weighted by atomic mass is 19.3. The Hall–Kier alpha value is -2.02.